The van der Waals surface area contributed by atoms with E-state index in [0.29, 0.717) is 6.54 Å². The van der Waals surface area contributed by atoms with Gasteiger partial charge in [-0.05, 0) is 29.8 Å². The van der Waals surface area contributed by atoms with Crippen LogP contribution in [0, 0.1) is 5.82 Å². The number of ether oxygens (including phenoxy) is 1. The molecule has 1 aromatic carbocycles. The summed E-state index contributed by atoms with van der Waals surface area (Å²) in [6.07, 6.45) is 2.63. The third-order valence-corrected chi connectivity index (χ3v) is 4.83. The van der Waals surface area contributed by atoms with Crippen molar-refractivity contribution >= 4 is 5.96 Å². The van der Waals surface area contributed by atoms with E-state index in [9.17, 15) is 4.39 Å². The fraction of sp³-hybridized carbons (Fsp3) is 0.429. The molecule has 1 atom stereocenters. The van der Waals surface area contributed by atoms with Crippen LogP contribution in [0.2, 0.25) is 0 Å². The van der Waals surface area contributed by atoms with Crippen LogP contribution in [-0.2, 0) is 11.2 Å². The normalized spacial score (nSPS) is 16.6. The number of rotatable bonds is 7. The van der Waals surface area contributed by atoms with Gasteiger partial charge < -0.3 is 15.4 Å². The number of nitrogens with zero attached hydrogens (tertiary/aromatic N) is 3. The second kappa shape index (κ2) is 10.7. The van der Waals surface area contributed by atoms with Gasteiger partial charge in [-0.3, -0.25) is 14.9 Å². The molecular formula is C21H28FN5O. The Morgan fingerprint density at radius 2 is 1.96 bits per heavy atom. The Hall–Kier alpha value is -2.51. The average molecular weight is 385 g/mol. The molecule has 3 rings (SSSR count). The van der Waals surface area contributed by atoms with Crippen molar-refractivity contribution in [3.05, 3.63) is 65.7 Å². The first-order valence-electron chi connectivity index (χ1n) is 9.68. The first-order valence-corrected chi connectivity index (χ1v) is 9.68. The zero-order chi connectivity index (χ0) is 19.6. The number of morpholine rings is 1. The molecule has 1 aromatic heterocycles. The molecule has 2 N–H and O–H groups in total. The van der Waals surface area contributed by atoms with E-state index in [1.807, 2.05) is 30.3 Å². The number of nitrogens with one attached hydrogen (secondary N) is 2. The third-order valence-electron chi connectivity index (χ3n) is 4.83. The Kier molecular flexibility index (Phi) is 7.75. The maximum absolute atomic E-state index is 13.4. The first kappa shape index (κ1) is 20.2. The lowest BCUT2D eigenvalue weighted by Crippen LogP contribution is -2.46. The molecule has 2 aromatic rings. The lowest BCUT2D eigenvalue weighted by molar-refractivity contribution is 0.0170. The average Bonchev–Trinajstić information content (AvgIpc) is 2.75. The van der Waals surface area contributed by atoms with Gasteiger partial charge >= 0.3 is 0 Å². The van der Waals surface area contributed by atoms with E-state index in [1.165, 1.54) is 12.1 Å². The monoisotopic (exact) mass is 385 g/mol. The Labute approximate surface area is 165 Å². The van der Waals surface area contributed by atoms with Gasteiger partial charge in [-0.1, -0.05) is 18.2 Å². The van der Waals surface area contributed by atoms with E-state index in [2.05, 4.69) is 25.5 Å². The zero-order valence-electron chi connectivity index (χ0n) is 16.3. The molecule has 1 aliphatic rings. The van der Waals surface area contributed by atoms with Crippen molar-refractivity contribution < 1.29 is 9.13 Å². The van der Waals surface area contributed by atoms with E-state index < -0.39 is 0 Å². The smallest absolute Gasteiger partial charge is 0.191 e. The third kappa shape index (κ3) is 6.00. The number of hydrogen-bond acceptors (Lipinski definition) is 4. The molecule has 0 spiro atoms. The van der Waals surface area contributed by atoms with Crippen molar-refractivity contribution in [1.82, 2.24) is 20.5 Å². The number of halogens is 1. The van der Waals surface area contributed by atoms with E-state index in [1.54, 1.807) is 13.2 Å². The Morgan fingerprint density at radius 1 is 1.18 bits per heavy atom. The predicted octanol–water partition coefficient (Wildman–Crippen LogP) is 2.00. The quantitative estimate of drug-likeness (QED) is 0.564. The van der Waals surface area contributed by atoms with Gasteiger partial charge in [0.2, 0.25) is 0 Å². The van der Waals surface area contributed by atoms with Crippen LogP contribution in [0.5, 0.6) is 0 Å². The highest BCUT2D eigenvalue weighted by Gasteiger charge is 2.23. The summed E-state index contributed by atoms with van der Waals surface area (Å²) in [5.74, 6) is 0.528. The molecule has 6 nitrogen and oxygen atoms in total. The van der Waals surface area contributed by atoms with Gasteiger partial charge in [0.15, 0.2) is 5.96 Å². The van der Waals surface area contributed by atoms with Gasteiger partial charge in [-0.2, -0.15) is 0 Å². The number of hydrogen-bond donors (Lipinski definition) is 2. The van der Waals surface area contributed by atoms with Gasteiger partial charge in [-0.25, -0.2) is 4.39 Å². The summed E-state index contributed by atoms with van der Waals surface area (Å²) in [7, 11) is 1.76. The van der Waals surface area contributed by atoms with E-state index in [0.717, 1.165) is 56.5 Å². The van der Waals surface area contributed by atoms with Crippen molar-refractivity contribution in [1.29, 1.82) is 0 Å². The standard InChI is InChI=1S/C21H28FN5O/c1-23-21(25-11-9-19-4-2-3-10-24-19)26-16-20(27-12-14-28-15-13-27)17-5-7-18(22)8-6-17/h2-8,10,20H,9,11-16H2,1H3,(H2,23,25,26). The number of aliphatic imine (C=N–C) groups is 1. The summed E-state index contributed by atoms with van der Waals surface area (Å²) in [6, 6.07) is 12.8. The highest BCUT2D eigenvalue weighted by Crippen LogP contribution is 2.21. The van der Waals surface area contributed by atoms with Crippen LogP contribution in [0.3, 0.4) is 0 Å². The molecule has 1 saturated heterocycles. The summed E-state index contributed by atoms with van der Waals surface area (Å²) >= 11 is 0. The van der Waals surface area contributed by atoms with Crippen molar-refractivity contribution in [3.63, 3.8) is 0 Å². The van der Waals surface area contributed by atoms with Crippen molar-refractivity contribution in [2.45, 2.75) is 12.5 Å². The molecule has 0 aliphatic carbocycles. The highest BCUT2D eigenvalue weighted by molar-refractivity contribution is 5.79. The summed E-state index contributed by atoms with van der Waals surface area (Å²) in [6.45, 7) is 4.57. The maximum Gasteiger partial charge on any atom is 0.191 e. The molecule has 0 amide bonds. The van der Waals surface area contributed by atoms with Crippen LogP contribution in [0.4, 0.5) is 4.39 Å². The minimum absolute atomic E-state index is 0.124. The maximum atomic E-state index is 13.4. The molecule has 28 heavy (non-hydrogen) atoms. The minimum atomic E-state index is -0.218. The molecule has 0 saturated carbocycles. The molecule has 1 aliphatic heterocycles. The van der Waals surface area contributed by atoms with Crippen LogP contribution in [0.25, 0.3) is 0 Å². The summed E-state index contributed by atoms with van der Waals surface area (Å²) in [4.78, 5) is 11.0. The predicted molar refractivity (Wildman–Crippen MR) is 109 cm³/mol. The topological polar surface area (TPSA) is 61.8 Å². The summed E-state index contributed by atoms with van der Waals surface area (Å²) in [5.41, 5.74) is 2.13. The fourth-order valence-corrected chi connectivity index (χ4v) is 3.30. The molecular weight excluding hydrogens is 357 g/mol. The largest absolute Gasteiger partial charge is 0.379 e. The molecule has 2 heterocycles. The van der Waals surface area contributed by atoms with Gasteiger partial charge in [0.1, 0.15) is 5.82 Å². The Balaban J connectivity index is 1.57. The molecule has 1 fully saturated rings. The molecule has 1 unspecified atom stereocenters. The Morgan fingerprint density at radius 3 is 2.64 bits per heavy atom. The first-order chi connectivity index (χ1) is 13.8. The number of pyridine rings is 1. The lowest BCUT2D eigenvalue weighted by atomic mass is 10.0. The van der Waals surface area contributed by atoms with Crippen LogP contribution in [0.15, 0.2) is 53.7 Å². The second-order valence-electron chi connectivity index (χ2n) is 6.67. The Bertz CT molecular complexity index is 732. The molecule has 7 heteroatoms. The van der Waals surface area contributed by atoms with Crippen LogP contribution >= 0.6 is 0 Å². The zero-order valence-corrected chi connectivity index (χ0v) is 16.3. The van der Waals surface area contributed by atoms with Crippen LogP contribution in [-0.4, -0.2) is 62.3 Å². The van der Waals surface area contributed by atoms with Gasteiger partial charge in [0.25, 0.3) is 0 Å². The SMILES string of the molecule is CN=C(NCCc1ccccn1)NCC(c1ccc(F)cc1)N1CCOCC1. The lowest BCUT2D eigenvalue weighted by Gasteiger charge is -2.35. The van der Waals surface area contributed by atoms with E-state index in [4.69, 9.17) is 4.74 Å². The van der Waals surface area contributed by atoms with Gasteiger partial charge in [-0.15, -0.1) is 0 Å². The number of guanidine groups is 1. The fourth-order valence-electron chi connectivity index (χ4n) is 3.30. The van der Waals surface area contributed by atoms with Crippen LogP contribution < -0.4 is 10.6 Å². The number of aromatic nitrogens is 1. The summed E-state index contributed by atoms with van der Waals surface area (Å²) < 4.78 is 18.8. The van der Waals surface area contributed by atoms with Gasteiger partial charge in [0, 0.05) is 51.5 Å². The van der Waals surface area contributed by atoms with Crippen LogP contribution in [0.1, 0.15) is 17.3 Å². The van der Waals surface area contributed by atoms with Gasteiger partial charge in [0.05, 0.1) is 19.3 Å². The molecule has 0 bridgehead atoms. The highest BCUT2D eigenvalue weighted by atomic mass is 19.1. The minimum Gasteiger partial charge on any atom is -0.379 e. The van der Waals surface area contributed by atoms with Crippen molar-refractivity contribution in [2.75, 3.05) is 46.4 Å². The summed E-state index contributed by atoms with van der Waals surface area (Å²) in [5, 5.41) is 6.74. The second-order valence-corrected chi connectivity index (χ2v) is 6.67. The van der Waals surface area contributed by atoms with Crippen molar-refractivity contribution in [2.24, 2.45) is 4.99 Å². The van der Waals surface area contributed by atoms with Crippen molar-refractivity contribution in [3.8, 4) is 0 Å². The van der Waals surface area contributed by atoms with E-state index in [-0.39, 0.29) is 11.9 Å². The number of benzene rings is 1. The van der Waals surface area contributed by atoms with E-state index >= 15 is 0 Å². The molecule has 150 valence electrons. The molecule has 0 radical (unpaired) electrons.